The zero-order chi connectivity index (χ0) is 15.6. The monoisotopic (exact) mass is 307 g/mol. The van der Waals surface area contributed by atoms with Crippen LogP contribution in [0.3, 0.4) is 0 Å². The smallest absolute Gasteiger partial charge is 0.240 e. The minimum Gasteiger partial charge on any atom is -0.325 e. The van der Waals surface area contributed by atoms with Gasteiger partial charge in [0.05, 0.1) is 0 Å². The van der Waals surface area contributed by atoms with Crippen LogP contribution in [0, 0.1) is 13.8 Å². The van der Waals surface area contributed by atoms with Gasteiger partial charge in [-0.25, -0.2) is 13.4 Å². The number of aryl methyl sites for hydroxylation is 3. The molecule has 0 saturated carbocycles. The number of nitrogens with zero attached hydrogens (tertiary/aromatic N) is 2. The summed E-state index contributed by atoms with van der Waals surface area (Å²) < 4.78 is 25.6. The Morgan fingerprint density at radius 2 is 1.86 bits per heavy atom. The number of carbonyl (C=O) groups is 1. The van der Waals surface area contributed by atoms with Gasteiger partial charge in [-0.3, -0.25) is 4.79 Å². The van der Waals surface area contributed by atoms with Gasteiger partial charge in [0.2, 0.25) is 20.9 Å². The SMILES string of the molecule is Cc1cc(C)cc(NC(=O)CS(=O)(=O)c2nccn2C)c1. The van der Waals surface area contributed by atoms with E-state index in [9.17, 15) is 13.2 Å². The van der Waals surface area contributed by atoms with Crippen molar-refractivity contribution in [2.24, 2.45) is 7.05 Å². The first-order chi connectivity index (χ1) is 9.78. The lowest BCUT2D eigenvalue weighted by molar-refractivity contribution is -0.113. The molecule has 0 spiro atoms. The van der Waals surface area contributed by atoms with Gasteiger partial charge >= 0.3 is 0 Å². The number of hydrogen-bond donors (Lipinski definition) is 1. The number of benzene rings is 1. The Balaban J connectivity index is 2.13. The van der Waals surface area contributed by atoms with Gasteiger partial charge in [-0.2, -0.15) is 0 Å². The Bertz CT molecular complexity index is 758. The first-order valence-electron chi connectivity index (χ1n) is 6.36. The van der Waals surface area contributed by atoms with Gasteiger partial charge in [-0.15, -0.1) is 0 Å². The predicted molar refractivity (Wildman–Crippen MR) is 79.8 cm³/mol. The molecule has 6 nitrogen and oxygen atoms in total. The molecular formula is C14H17N3O3S. The first-order valence-corrected chi connectivity index (χ1v) is 8.01. The van der Waals surface area contributed by atoms with Crippen LogP contribution in [-0.2, 0) is 21.7 Å². The molecule has 0 atom stereocenters. The third-order valence-corrected chi connectivity index (χ3v) is 4.47. The van der Waals surface area contributed by atoms with Crippen LogP contribution < -0.4 is 5.32 Å². The van der Waals surface area contributed by atoms with E-state index in [0.717, 1.165) is 11.1 Å². The minimum absolute atomic E-state index is 0.113. The molecule has 1 N–H and O–H groups in total. The number of nitrogens with one attached hydrogen (secondary N) is 1. The van der Waals surface area contributed by atoms with E-state index in [1.54, 1.807) is 19.2 Å². The third kappa shape index (κ3) is 3.69. The van der Waals surface area contributed by atoms with E-state index in [-0.39, 0.29) is 5.16 Å². The zero-order valence-corrected chi connectivity index (χ0v) is 12.9. The first kappa shape index (κ1) is 15.2. The lowest BCUT2D eigenvalue weighted by atomic mass is 10.1. The van der Waals surface area contributed by atoms with Gasteiger partial charge < -0.3 is 9.88 Å². The van der Waals surface area contributed by atoms with Crippen molar-refractivity contribution in [1.29, 1.82) is 0 Å². The molecule has 0 radical (unpaired) electrons. The molecule has 1 aromatic carbocycles. The molecule has 1 amide bonds. The van der Waals surface area contributed by atoms with Crippen LogP contribution in [0.15, 0.2) is 35.7 Å². The summed E-state index contributed by atoms with van der Waals surface area (Å²) in [5.74, 6) is -1.21. The fourth-order valence-electron chi connectivity index (χ4n) is 2.13. The van der Waals surface area contributed by atoms with E-state index in [1.807, 2.05) is 19.9 Å². The Labute approximate surface area is 123 Å². The van der Waals surface area contributed by atoms with Crippen LogP contribution in [0.2, 0.25) is 0 Å². The van der Waals surface area contributed by atoms with Crippen LogP contribution in [0.5, 0.6) is 0 Å². The molecule has 0 unspecified atom stereocenters. The molecule has 0 bridgehead atoms. The van der Waals surface area contributed by atoms with Crippen molar-refractivity contribution in [3.05, 3.63) is 41.7 Å². The molecule has 1 heterocycles. The van der Waals surface area contributed by atoms with Crippen molar-refractivity contribution in [1.82, 2.24) is 9.55 Å². The van der Waals surface area contributed by atoms with Gasteiger partial charge in [-0.1, -0.05) is 6.07 Å². The van der Waals surface area contributed by atoms with Crippen LogP contribution in [0.4, 0.5) is 5.69 Å². The minimum atomic E-state index is -3.75. The van der Waals surface area contributed by atoms with Crippen molar-refractivity contribution in [3.63, 3.8) is 0 Å². The van der Waals surface area contributed by atoms with Crippen LogP contribution in [0.1, 0.15) is 11.1 Å². The van der Waals surface area contributed by atoms with Crippen LogP contribution >= 0.6 is 0 Å². The summed E-state index contributed by atoms with van der Waals surface area (Å²) in [5, 5.41) is 2.49. The standard InChI is InChI=1S/C14H17N3O3S/c1-10-6-11(2)8-12(7-10)16-13(18)9-21(19,20)14-15-4-5-17(14)3/h4-8H,9H2,1-3H3,(H,16,18). The Morgan fingerprint density at radius 3 is 2.38 bits per heavy atom. The molecule has 2 aromatic rings. The second-order valence-corrected chi connectivity index (χ2v) is 6.89. The summed E-state index contributed by atoms with van der Waals surface area (Å²) in [6.07, 6.45) is 2.91. The highest BCUT2D eigenvalue weighted by Crippen LogP contribution is 2.14. The van der Waals surface area contributed by atoms with Gasteiger partial charge in [0, 0.05) is 25.1 Å². The van der Waals surface area contributed by atoms with Crippen LogP contribution in [0.25, 0.3) is 0 Å². The van der Waals surface area contributed by atoms with Gasteiger partial charge in [0.15, 0.2) is 0 Å². The van der Waals surface area contributed by atoms with Gasteiger partial charge in [0.25, 0.3) is 0 Å². The number of hydrogen-bond acceptors (Lipinski definition) is 4. The Kier molecular flexibility index (Phi) is 4.13. The highest BCUT2D eigenvalue weighted by atomic mass is 32.2. The summed E-state index contributed by atoms with van der Waals surface area (Å²) in [6, 6.07) is 5.55. The molecule has 0 saturated heterocycles. The predicted octanol–water partition coefficient (Wildman–Crippen LogP) is 1.45. The van der Waals surface area contributed by atoms with E-state index in [1.165, 1.54) is 17.0 Å². The zero-order valence-electron chi connectivity index (χ0n) is 12.1. The summed E-state index contributed by atoms with van der Waals surface area (Å²) in [5.41, 5.74) is 2.59. The topological polar surface area (TPSA) is 81.1 Å². The van der Waals surface area contributed by atoms with E-state index in [0.29, 0.717) is 5.69 Å². The summed E-state index contributed by atoms with van der Waals surface area (Å²) in [4.78, 5) is 15.7. The molecule has 1 aromatic heterocycles. The number of aromatic nitrogens is 2. The van der Waals surface area contributed by atoms with Gasteiger partial charge in [-0.05, 0) is 37.1 Å². The van der Waals surface area contributed by atoms with E-state index < -0.39 is 21.5 Å². The number of sulfone groups is 1. The highest BCUT2D eigenvalue weighted by molar-refractivity contribution is 7.92. The molecule has 0 aliphatic carbocycles. The third-order valence-electron chi connectivity index (χ3n) is 2.88. The maximum absolute atomic E-state index is 12.1. The van der Waals surface area contributed by atoms with Crippen molar-refractivity contribution in [3.8, 4) is 0 Å². The van der Waals surface area contributed by atoms with E-state index >= 15 is 0 Å². The quantitative estimate of drug-likeness (QED) is 0.927. The summed E-state index contributed by atoms with van der Waals surface area (Å²) in [6.45, 7) is 3.82. The van der Waals surface area contributed by atoms with Gasteiger partial charge in [0.1, 0.15) is 5.75 Å². The molecule has 7 heteroatoms. The maximum Gasteiger partial charge on any atom is 0.240 e. The largest absolute Gasteiger partial charge is 0.325 e. The Hall–Kier alpha value is -2.15. The number of amides is 1. The highest BCUT2D eigenvalue weighted by Gasteiger charge is 2.23. The average Bonchev–Trinajstić information content (AvgIpc) is 2.73. The van der Waals surface area contributed by atoms with E-state index in [4.69, 9.17) is 0 Å². The van der Waals surface area contributed by atoms with Crippen molar-refractivity contribution in [2.45, 2.75) is 19.0 Å². The van der Waals surface area contributed by atoms with Crippen molar-refractivity contribution in [2.75, 3.05) is 11.1 Å². The molecular weight excluding hydrogens is 290 g/mol. The molecule has 0 fully saturated rings. The second-order valence-electron chi connectivity index (χ2n) is 5.00. The number of rotatable bonds is 4. The molecule has 21 heavy (non-hydrogen) atoms. The molecule has 112 valence electrons. The molecule has 2 rings (SSSR count). The summed E-state index contributed by atoms with van der Waals surface area (Å²) >= 11 is 0. The lowest BCUT2D eigenvalue weighted by Gasteiger charge is -2.08. The average molecular weight is 307 g/mol. The fraction of sp³-hybridized carbons (Fsp3) is 0.286. The summed E-state index contributed by atoms with van der Waals surface area (Å²) in [7, 11) is -2.18. The normalized spacial score (nSPS) is 11.4. The van der Waals surface area contributed by atoms with Crippen LogP contribution in [-0.4, -0.2) is 29.6 Å². The van der Waals surface area contributed by atoms with Crippen molar-refractivity contribution < 1.29 is 13.2 Å². The Morgan fingerprint density at radius 1 is 1.24 bits per heavy atom. The number of imidazole rings is 1. The van der Waals surface area contributed by atoms with E-state index in [2.05, 4.69) is 10.3 Å². The lowest BCUT2D eigenvalue weighted by Crippen LogP contribution is -2.24. The molecule has 0 aliphatic rings. The van der Waals surface area contributed by atoms with Crippen molar-refractivity contribution >= 4 is 21.4 Å². The second kappa shape index (κ2) is 5.69. The number of anilines is 1. The number of carbonyl (C=O) groups excluding carboxylic acids is 1. The molecule has 0 aliphatic heterocycles. The fourth-order valence-corrected chi connectivity index (χ4v) is 3.40. The maximum atomic E-state index is 12.1.